The van der Waals surface area contributed by atoms with Gasteiger partial charge in [0.2, 0.25) is 5.91 Å². The van der Waals surface area contributed by atoms with Gasteiger partial charge in [0.15, 0.2) is 0 Å². The Hall–Kier alpha value is -0.610. The number of nitrogens with one attached hydrogen (secondary N) is 2. The first-order valence-corrected chi connectivity index (χ1v) is 6.33. The predicted molar refractivity (Wildman–Crippen MR) is 62.2 cm³/mol. The third-order valence-corrected chi connectivity index (χ3v) is 3.45. The van der Waals surface area contributed by atoms with Gasteiger partial charge in [0.25, 0.3) is 0 Å². The Bertz CT molecular complexity index is 241. The number of hydrogen-bond acceptors (Lipinski definition) is 3. The minimum atomic E-state index is 0.191. The van der Waals surface area contributed by atoms with Crippen molar-refractivity contribution in [3.8, 4) is 0 Å². The van der Waals surface area contributed by atoms with Gasteiger partial charge in [0, 0.05) is 32.2 Å². The summed E-state index contributed by atoms with van der Waals surface area (Å²) in [5.41, 5.74) is 0. The van der Waals surface area contributed by atoms with Crippen LogP contribution < -0.4 is 10.6 Å². The van der Waals surface area contributed by atoms with Gasteiger partial charge in [0.1, 0.15) is 0 Å². The molecule has 0 spiro atoms. The van der Waals surface area contributed by atoms with E-state index in [2.05, 4.69) is 10.6 Å². The van der Waals surface area contributed by atoms with Crippen LogP contribution in [0.4, 0.5) is 0 Å². The van der Waals surface area contributed by atoms with Crippen molar-refractivity contribution in [1.29, 1.82) is 0 Å². The summed E-state index contributed by atoms with van der Waals surface area (Å²) in [5.74, 6) is 0.191. The van der Waals surface area contributed by atoms with Gasteiger partial charge >= 0.3 is 0 Å². The topological polar surface area (TPSA) is 50.4 Å². The van der Waals surface area contributed by atoms with Crippen LogP contribution in [0.1, 0.15) is 38.5 Å². The molecule has 0 heterocycles. The number of rotatable bonds is 6. The molecule has 2 aliphatic rings. The monoisotopic (exact) mass is 226 g/mol. The van der Waals surface area contributed by atoms with Gasteiger partial charge in [-0.05, 0) is 32.1 Å². The molecule has 2 N–H and O–H groups in total. The smallest absolute Gasteiger partial charge is 0.221 e. The molecule has 1 amide bonds. The van der Waals surface area contributed by atoms with E-state index in [1.54, 1.807) is 7.11 Å². The van der Waals surface area contributed by atoms with Crippen molar-refractivity contribution in [2.45, 2.75) is 56.7 Å². The van der Waals surface area contributed by atoms with E-state index in [1.807, 2.05) is 0 Å². The maximum atomic E-state index is 11.4. The van der Waals surface area contributed by atoms with Gasteiger partial charge < -0.3 is 15.4 Å². The van der Waals surface area contributed by atoms with E-state index in [-0.39, 0.29) is 5.91 Å². The summed E-state index contributed by atoms with van der Waals surface area (Å²) in [4.78, 5) is 11.4. The lowest BCUT2D eigenvalue weighted by Crippen LogP contribution is -2.33. The van der Waals surface area contributed by atoms with Gasteiger partial charge in [-0.15, -0.1) is 0 Å². The Morgan fingerprint density at radius 1 is 1.25 bits per heavy atom. The Kier molecular flexibility index (Phi) is 4.18. The molecule has 2 saturated carbocycles. The fraction of sp³-hybridized carbons (Fsp3) is 0.917. The summed E-state index contributed by atoms with van der Waals surface area (Å²) in [5, 5.41) is 6.43. The summed E-state index contributed by atoms with van der Waals surface area (Å²) in [6.45, 7) is 0.791. The van der Waals surface area contributed by atoms with E-state index in [0.717, 1.165) is 32.2 Å². The van der Waals surface area contributed by atoms with Crippen LogP contribution in [0.3, 0.4) is 0 Å². The highest BCUT2D eigenvalue weighted by Gasteiger charge is 2.25. The lowest BCUT2D eigenvalue weighted by molar-refractivity contribution is -0.121. The van der Waals surface area contributed by atoms with Crippen molar-refractivity contribution in [2.75, 3.05) is 13.7 Å². The van der Waals surface area contributed by atoms with Crippen LogP contribution in [-0.2, 0) is 9.53 Å². The predicted octanol–water partition coefficient (Wildman–Crippen LogP) is 0.812. The van der Waals surface area contributed by atoms with Crippen LogP contribution in [0.5, 0.6) is 0 Å². The molecule has 4 nitrogen and oxygen atoms in total. The lowest BCUT2D eigenvalue weighted by Gasteiger charge is -2.12. The first-order chi connectivity index (χ1) is 7.78. The molecule has 2 fully saturated rings. The van der Waals surface area contributed by atoms with Gasteiger partial charge in [-0.3, -0.25) is 4.79 Å². The highest BCUT2D eigenvalue weighted by molar-refractivity contribution is 5.76. The highest BCUT2D eigenvalue weighted by atomic mass is 16.5. The molecule has 0 aromatic heterocycles. The standard InChI is InChI=1S/C12H22N2O2/c1-16-11-5-4-10(8-11)13-7-6-12(15)14-9-2-3-9/h9-11,13H,2-8H2,1H3,(H,14,15). The number of ether oxygens (including phenoxy) is 1. The Balaban J connectivity index is 1.52. The van der Waals surface area contributed by atoms with Crippen LogP contribution in [0.25, 0.3) is 0 Å². The summed E-state index contributed by atoms with van der Waals surface area (Å²) in [6, 6.07) is 1.02. The minimum absolute atomic E-state index is 0.191. The summed E-state index contributed by atoms with van der Waals surface area (Å²) in [6.07, 6.45) is 6.74. The zero-order valence-electron chi connectivity index (χ0n) is 10.00. The number of methoxy groups -OCH3 is 1. The largest absolute Gasteiger partial charge is 0.381 e. The number of carbonyl (C=O) groups excluding carboxylic acids is 1. The molecular formula is C12H22N2O2. The number of hydrogen-bond donors (Lipinski definition) is 2. The van der Waals surface area contributed by atoms with Crippen LogP contribution in [0.15, 0.2) is 0 Å². The molecule has 92 valence electrons. The lowest BCUT2D eigenvalue weighted by atomic mass is 10.2. The third-order valence-electron chi connectivity index (χ3n) is 3.45. The summed E-state index contributed by atoms with van der Waals surface area (Å²) < 4.78 is 5.31. The molecule has 2 aliphatic carbocycles. The molecule has 4 heteroatoms. The van der Waals surface area contributed by atoms with Crippen LogP contribution in [0, 0.1) is 0 Å². The maximum Gasteiger partial charge on any atom is 0.221 e. The molecular weight excluding hydrogens is 204 g/mol. The molecule has 0 saturated heterocycles. The second kappa shape index (κ2) is 5.64. The summed E-state index contributed by atoms with van der Waals surface area (Å²) in [7, 11) is 1.77. The van der Waals surface area contributed by atoms with E-state index in [0.29, 0.717) is 24.6 Å². The van der Waals surface area contributed by atoms with Crippen molar-refractivity contribution < 1.29 is 9.53 Å². The van der Waals surface area contributed by atoms with Crippen LogP contribution in [-0.4, -0.2) is 37.7 Å². The molecule has 0 aromatic carbocycles. The summed E-state index contributed by atoms with van der Waals surface area (Å²) >= 11 is 0. The SMILES string of the molecule is COC1CCC(NCCC(=O)NC2CC2)C1. The van der Waals surface area contributed by atoms with Gasteiger partial charge in [-0.25, -0.2) is 0 Å². The van der Waals surface area contributed by atoms with Crippen LogP contribution in [0.2, 0.25) is 0 Å². The van der Waals surface area contributed by atoms with Crippen LogP contribution >= 0.6 is 0 Å². The van der Waals surface area contributed by atoms with Crippen molar-refractivity contribution in [2.24, 2.45) is 0 Å². The molecule has 0 aliphatic heterocycles. The molecule has 0 radical (unpaired) electrons. The minimum Gasteiger partial charge on any atom is -0.381 e. The zero-order chi connectivity index (χ0) is 11.4. The molecule has 0 bridgehead atoms. The Labute approximate surface area is 97.1 Å². The van der Waals surface area contributed by atoms with E-state index < -0.39 is 0 Å². The fourth-order valence-corrected chi connectivity index (χ4v) is 2.26. The quantitative estimate of drug-likeness (QED) is 0.705. The zero-order valence-corrected chi connectivity index (χ0v) is 10.00. The third kappa shape index (κ3) is 3.76. The van der Waals surface area contributed by atoms with Crippen molar-refractivity contribution in [1.82, 2.24) is 10.6 Å². The first kappa shape index (κ1) is 11.9. The van der Waals surface area contributed by atoms with Crippen molar-refractivity contribution in [3.05, 3.63) is 0 Å². The number of carbonyl (C=O) groups is 1. The van der Waals surface area contributed by atoms with E-state index in [9.17, 15) is 4.79 Å². The second-order valence-corrected chi connectivity index (χ2v) is 4.91. The molecule has 2 rings (SSSR count). The molecule has 2 atom stereocenters. The van der Waals surface area contributed by atoms with E-state index >= 15 is 0 Å². The van der Waals surface area contributed by atoms with Gasteiger partial charge in [0.05, 0.1) is 6.10 Å². The normalized spacial score (nSPS) is 29.3. The van der Waals surface area contributed by atoms with Gasteiger partial charge in [-0.1, -0.05) is 0 Å². The van der Waals surface area contributed by atoms with Gasteiger partial charge in [-0.2, -0.15) is 0 Å². The van der Waals surface area contributed by atoms with E-state index in [1.165, 1.54) is 6.42 Å². The van der Waals surface area contributed by atoms with Crippen molar-refractivity contribution >= 4 is 5.91 Å². The molecule has 2 unspecified atom stereocenters. The second-order valence-electron chi connectivity index (χ2n) is 4.91. The van der Waals surface area contributed by atoms with Crippen molar-refractivity contribution in [3.63, 3.8) is 0 Å². The molecule has 0 aromatic rings. The Morgan fingerprint density at radius 2 is 2.00 bits per heavy atom. The average molecular weight is 226 g/mol. The maximum absolute atomic E-state index is 11.4. The first-order valence-electron chi connectivity index (χ1n) is 6.33. The highest BCUT2D eigenvalue weighted by Crippen LogP contribution is 2.21. The molecule has 16 heavy (non-hydrogen) atoms. The average Bonchev–Trinajstić information content (AvgIpc) is 2.96. The van der Waals surface area contributed by atoms with E-state index in [4.69, 9.17) is 4.74 Å². The Morgan fingerprint density at radius 3 is 2.62 bits per heavy atom. The fourth-order valence-electron chi connectivity index (χ4n) is 2.26. The number of amides is 1.